The van der Waals surface area contributed by atoms with Gasteiger partial charge in [0, 0.05) is 27.3 Å². The molecule has 1 heterocycles. The van der Waals surface area contributed by atoms with E-state index in [4.69, 9.17) is 16.3 Å². The number of amides is 2. The van der Waals surface area contributed by atoms with Gasteiger partial charge in [0.25, 0.3) is 11.8 Å². The molecule has 0 aromatic heterocycles. The Hall–Kier alpha value is -2.83. The normalized spacial score (nSPS) is 17.6. The van der Waals surface area contributed by atoms with Crippen molar-refractivity contribution in [2.45, 2.75) is 46.4 Å². The molecule has 0 radical (unpaired) electrons. The number of benzene rings is 3. The average molecular weight is 556 g/mol. The lowest BCUT2D eigenvalue weighted by molar-refractivity contribution is -0.146. The number of ether oxygens (including phenoxy) is 1. The molecule has 1 aliphatic rings. The van der Waals surface area contributed by atoms with Gasteiger partial charge in [-0.3, -0.25) is 9.59 Å². The maximum atomic E-state index is 14.0. The van der Waals surface area contributed by atoms with Gasteiger partial charge in [0.1, 0.15) is 11.8 Å². The zero-order valence-corrected chi connectivity index (χ0v) is 22.5. The monoisotopic (exact) mass is 554 g/mol. The number of anilines is 1. The molecule has 3 aromatic carbocycles. The van der Waals surface area contributed by atoms with E-state index in [2.05, 4.69) is 21.2 Å². The van der Waals surface area contributed by atoms with Crippen LogP contribution in [0.3, 0.4) is 0 Å². The van der Waals surface area contributed by atoms with Crippen LogP contribution >= 0.6 is 27.5 Å². The van der Waals surface area contributed by atoms with Crippen molar-refractivity contribution in [3.8, 4) is 5.75 Å². The third kappa shape index (κ3) is 5.24. The summed E-state index contributed by atoms with van der Waals surface area (Å²) in [7, 11) is 0. The smallest absolute Gasteiger partial charge is 0.265 e. The van der Waals surface area contributed by atoms with Gasteiger partial charge in [-0.05, 0) is 60.7 Å². The van der Waals surface area contributed by atoms with Gasteiger partial charge in [-0.2, -0.15) is 0 Å². The van der Waals surface area contributed by atoms with Crippen molar-refractivity contribution in [3.05, 3.63) is 92.4 Å². The highest BCUT2D eigenvalue weighted by atomic mass is 79.9. The number of halogens is 2. The Morgan fingerprint density at radius 2 is 1.77 bits per heavy atom. The van der Waals surface area contributed by atoms with E-state index >= 15 is 0 Å². The van der Waals surface area contributed by atoms with E-state index < -0.39 is 12.1 Å². The number of aryl methyl sites for hydroxylation is 2. The Morgan fingerprint density at radius 3 is 2.43 bits per heavy atom. The number of hydrogen-bond donors (Lipinski definition) is 1. The van der Waals surface area contributed by atoms with E-state index in [0.29, 0.717) is 16.3 Å². The molecule has 0 aliphatic carbocycles. The minimum absolute atomic E-state index is 0.104. The van der Waals surface area contributed by atoms with Gasteiger partial charge in [-0.15, -0.1) is 0 Å². The minimum atomic E-state index is -0.922. The number of carbonyl (C=O) groups excluding carboxylic acids is 2. The third-order valence-corrected chi connectivity index (χ3v) is 7.10. The number of rotatable bonds is 5. The van der Waals surface area contributed by atoms with Gasteiger partial charge in [0.15, 0.2) is 6.10 Å². The number of para-hydroxylation sites is 1. The lowest BCUT2D eigenvalue weighted by Crippen LogP contribution is -2.46. The van der Waals surface area contributed by atoms with E-state index in [1.807, 2.05) is 76.2 Å². The van der Waals surface area contributed by atoms with Gasteiger partial charge in [0.05, 0.1) is 0 Å². The van der Waals surface area contributed by atoms with Crippen molar-refractivity contribution in [3.63, 3.8) is 0 Å². The van der Waals surface area contributed by atoms with E-state index in [1.54, 1.807) is 17.0 Å². The molecule has 2 atom stereocenters. The molecule has 0 spiro atoms. The van der Waals surface area contributed by atoms with Gasteiger partial charge < -0.3 is 15.0 Å². The van der Waals surface area contributed by atoms with Crippen molar-refractivity contribution in [2.24, 2.45) is 5.92 Å². The van der Waals surface area contributed by atoms with Crippen molar-refractivity contribution < 1.29 is 14.3 Å². The van der Waals surface area contributed by atoms with Crippen LogP contribution < -0.4 is 10.1 Å². The van der Waals surface area contributed by atoms with Crippen LogP contribution in [0.2, 0.25) is 5.02 Å². The number of nitrogens with one attached hydrogen (secondary N) is 1. The zero-order valence-electron chi connectivity index (χ0n) is 20.1. The molecule has 0 saturated heterocycles. The predicted octanol–water partition coefficient (Wildman–Crippen LogP) is 6.84. The quantitative estimate of drug-likeness (QED) is 0.375. The summed E-state index contributed by atoms with van der Waals surface area (Å²) in [6.07, 6.45) is -0.740. The molecular formula is C28H28BrClN2O3. The first kappa shape index (κ1) is 25.3. The Balaban J connectivity index is 1.87. The molecule has 2 amide bonds. The summed E-state index contributed by atoms with van der Waals surface area (Å²) in [5, 5.41) is 3.63. The molecule has 2 unspecified atom stereocenters. The molecule has 7 heteroatoms. The summed E-state index contributed by atoms with van der Waals surface area (Å²) in [5.74, 6) is -0.152. The van der Waals surface area contributed by atoms with Crippen LogP contribution in [-0.4, -0.2) is 22.8 Å². The summed E-state index contributed by atoms with van der Waals surface area (Å²) >= 11 is 10.0. The van der Waals surface area contributed by atoms with Crippen LogP contribution in [0.5, 0.6) is 5.75 Å². The Labute approximate surface area is 219 Å². The van der Waals surface area contributed by atoms with E-state index in [-0.39, 0.29) is 24.3 Å². The Kier molecular flexibility index (Phi) is 7.53. The van der Waals surface area contributed by atoms with Crippen molar-refractivity contribution in [2.75, 3.05) is 5.32 Å². The third-order valence-electron chi connectivity index (χ3n) is 6.24. The number of hydrogen-bond acceptors (Lipinski definition) is 3. The summed E-state index contributed by atoms with van der Waals surface area (Å²) in [4.78, 5) is 29.5. The number of nitrogens with zero attached hydrogens (tertiary/aromatic N) is 1. The van der Waals surface area contributed by atoms with Crippen LogP contribution in [0.25, 0.3) is 0 Å². The summed E-state index contributed by atoms with van der Waals surface area (Å²) in [6.45, 7) is 7.94. The predicted molar refractivity (Wildman–Crippen MR) is 143 cm³/mol. The molecule has 0 saturated carbocycles. The summed E-state index contributed by atoms with van der Waals surface area (Å²) < 4.78 is 7.03. The molecule has 0 bridgehead atoms. The average Bonchev–Trinajstić information content (AvgIpc) is 2.92. The van der Waals surface area contributed by atoms with Crippen LogP contribution in [0.15, 0.2) is 65.1 Å². The van der Waals surface area contributed by atoms with Gasteiger partial charge >= 0.3 is 0 Å². The van der Waals surface area contributed by atoms with Gasteiger partial charge in [-0.25, -0.2) is 0 Å². The highest BCUT2D eigenvalue weighted by Crippen LogP contribution is 2.39. The van der Waals surface area contributed by atoms with Gasteiger partial charge in [0.2, 0.25) is 0 Å². The topological polar surface area (TPSA) is 58.6 Å². The summed E-state index contributed by atoms with van der Waals surface area (Å²) in [6, 6.07) is 17.8. The molecule has 3 aromatic rings. The Morgan fingerprint density at radius 1 is 1.09 bits per heavy atom. The van der Waals surface area contributed by atoms with Gasteiger partial charge in [-0.1, -0.05) is 77.8 Å². The first-order valence-electron chi connectivity index (χ1n) is 11.5. The lowest BCUT2D eigenvalue weighted by Gasteiger charge is -2.32. The first-order valence-corrected chi connectivity index (χ1v) is 12.7. The maximum absolute atomic E-state index is 14.0. The van der Waals surface area contributed by atoms with Crippen LogP contribution in [0, 0.1) is 19.8 Å². The number of fused-ring (bicyclic) bond motifs is 1. The Bertz CT molecular complexity index is 1260. The van der Waals surface area contributed by atoms with Crippen LogP contribution in [-0.2, 0) is 16.1 Å². The second-order valence-corrected chi connectivity index (χ2v) is 10.5. The minimum Gasteiger partial charge on any atom is -0.480 e. The second-order valence-electron chi connectivity index (χ2n) is 9.18. The zero-order chi connectivity index (χ0) is 25.3. The fourth-order valence-electron chi connectivity index (χ4n) is 4.37. The van der Waals surface area contributed by atoms with Crippen LogP contribution in [0.1, 0.15) is 42.1 Å². The summed E-state index contributed by atoms with van der Waals surface area (Å²) in [5.41, 5.74) is 4.01. The van der Waals surface area contributed by atoms with Crippen molar-refractivity contribution >= 4 is 45.0 Å². The van der Waals surface area contributed by atoms with E-state index in [9.17, 15) is 9.59 Å². The largest absolute Gasteiger partial charge is 0.480 e. The fourth-order valence-corrected chi connectivity index (χ4v) is 4.95. The standard InChI is InChI=1S/C28H28BrClN2O3/c1-16(2)26-28(34)32(15-19-10-5-6-11-22(19)30)25(21-14-20(29)12-13-23(21)35-26)27(33)31-24-17(3)8-7-9-18(24)4/h5-14,16,25-26H,15H2,1-4H3,(H,31,33). The highest BCUT2D eigenvalue weighted by molar-refractivity contribution is 9.10. The molecule has 182 valence electrons. The first-order chi connectivity index (χ1) is 16.7. The van der Waals surface area contributed by atoms with E-state index in [1.165, 1.54) is 0 Å². The molecule has 4 rings (SSSR count). The molecule has 35 heavy (non-hydrogen) atoms. The maximum Gasteiger partial charge on any atom is 0.265 e. The molecule has 1 aliphatic heterocycles. The van der Waals surface area contributed by atoms with Crippen LogP contribution in [0.4, 0.5) is 5.69 Å². The fraction of sp³-hybridized carbons (Fsp3) is 0.286. The molecule has 1 N–H and O–H groups in total. The number of carbonyl (C=O) groups is 2. The van der Waals surface area contributed by atoms with Crippen molar-refractivity contribution in [1.82, 2.24) is 4.90 Å². The SMILES string of the molecule is Cc1cccc(C)c1NC(=O)C1c2cc(Br)ccc2OC(C(C)C)C(=O)N1Cc1ccccc1Cl. The lowest BCUT2D eigenvalue weighted by atomic mass is 10.00. The molecule has 0 fully saturated rings. The second kappa shape index (κ2) is 10.4. The molecule has 5 nitrogen and oxygen atoms in total. The van der Waals surface area contributed by atoms with Crippen molar-refractivity contribution in [1.29, 1.82) is 0 Å². The highest BCUT2D eigenvalue weighted by Gasteiger charge is 2.42. The van der Waals surface area contributed by atoms with E-state index in [0.717, 1.165) is 26.9 Å². The molecular weight excluding hydrogens is 528 g/mol.